The smallest absolute Gasteiger partial charge is 0.337 e. The summed E-state index contributed by atoms with van der Waals surface area (Å²) >= 11 is 7.91. The van der Waals surface area contributed by atoms with Crippen LogP contribution >= 0.6 is 22.9 Å². The van der Waals surface area contributed by atoms with Gasteiger partial charge in [0, 0.05) is 16.6 Å². The van der Waals surface area contributed by atoms with E-state index in [4.69, 9.17) is 17.3 Å². The number of carboxylic acids is 1. The van der Waals surface area contributed by atoms with Gasteiger partial charge in [0.05, 0.1) is 22.8 Å². The zero-order valence-electron chi connectivity index (χ0n) is 11.8. The predicted octanol–water partition coefficient (Wildman–Crippen LogP) is 4.10. The third kappa shape index (κ3) is 3.49. The monoisotopic (exact) mass is 324 g/mol. The maximum Gasteiger partial charge on any atom is 0.337 e. The Morgan fingerprint density at radius 2 is 2.19 bits per heavy atom. The summed E-state index contributed by atoms with van der Waals surface area (Å²) < 4.78 is 0. The lowest BCUT2D eigenvalue weighted by Crippen LogP contribution is -2.31. The number of nitrogens with zero attached hydrogens (tertiary/aromatic N) is 1. The fourth-order valence-corrected chi connectivity index (χ4v) is 3.20. The molecule has 0 aliphatic rings. The second-order valence-electron chi connectivity index (χ2n) is 5.01. The first-order chi connectivity index (χ1) is 9.90. The molecule has 4 nitrogen and oxygen atoms in total. The van der Waals surface area contributed by atoms with E-state index in [1.54, 1.807) is 17.4 Å². The molecule has 21 heavy (non-hydrogen) atoms. The minimum Gasteiger partial charge on any atom is -0.478 e. The summed E-state index contributed by atoms with van der Waals surface area (Å²) in [5.41, 5.74) is 6.71. The number of hydrogen-bond acceptors (Lipinski definition) is 4. The van der Waals surface area contributed by atoms with Crippen LogP contribution in [0.3, 0.4) is 0 Å². The van der Waals surface area contributed by atoms with E-state index >= 15 is 0 Å². The molecule has 0 fully saturated rings. The van der Waals surface area contributed by atoms with E-state index < -0.39 is 5.97 Å². The highest BCUT2D eigenvalue weighted by atomic mass is 35.5. The molecule has 0 saturated carbocycles. The van der Waals surface area contributed by atoms with Gasteiger partial charge in [-0.3, -0.25) is 0 Å². The maximum atomic E-state index is 11.5. The van der Waals surface area contributed by atoms with Crippen molar-refractivity contribution in [2.24, 2.45) is 0 Å². The summed E-state index contributed by atoms with van der Waals surface area (Å²) in [4.78, 5) is 14.6. The van der Waals surface area contributed by atoms with Gasteiger partial charge in [-0.25, -0.2) is 4.79 Å². The topological polar surface area (TPSA) is 66.6 Å². The maximum absolute atomic E-state index is 11.5. The Bertz CT molecular complexity index is 641. The van der Waals surface area contributed by atoms with Crippen LogP contribution in [0.5, 0.6) is 0 Å². The minimum atomic E-state index is -1.03. The molecule has 2 rings (SSSR count). The Morgan fingerprint density at radius 1 is 1.48 bits per heavy atom. The van der Waals surface area contributed by atoms with Gasteiger partial charge >= 0.3 is 5.97 Å². The largest absolute Gasteiger partial charge is 0.478 e. The molecule has 0 atom stereocenters. The summed E-state index contributed by atoms with van der Waals surface area (Å²) in [5, 5.41) is 11.8. The second kappa shape index (κ2) is 6.37. The van der Waals surface area contributed by atoms with E-state index in [1.165, 1.54) is 6.07 Å². The molecule has 0 saturated heterocycles. The molecule has 0 amide bonds. The normalized spacial score (nSPS) is 10.9. The first kappa shape index (κ1) is 15.7. The van der Waals surface area contributed by atoms with Crippen LogP contribution in [0.15, 0.2) is 29.6 Å². The van der Waals surface area contributed by atoms with Crippen LogP contribution in [0.1, 0.15) is 29.1 Å². The molecule has 0 aliphatic heterocycles. The molecule has 0 radical (unpaired) electrons. The summed E-state index contributed by atoms with van der Waals surface area (Å²) in [7, 11) is 0. The van der Waals surface area contributed by atoms with Crippen LogP contribution in [0.4, 0.5) is 11.4 Å². The number of rotatable bonds is 5. The molecule has 3 N–H and O–H groups in total. The molecular weight excluding hydrogens is 308 g/mol. The van der Waals surface area contributed by atoms with Gasteiger partial charge in [0.15, 0.2) is 0 Å². The number of anilines is 2. The van der Waals surface area contributed by atoms with Crippen molar-refractivity contribution < 1.29 is 9.90 Å². The number of halogens is 1. The quantitative estimate of drug-likeness (QED) is 0.813. The lowest BCUT2D eigenvalue weighted by Gasteiger charge is -2.31. The molecular formula is C15H17ClN2O2S. The van der Waals surface area contributed by atoms with Crippen molar-refractivity contribution >= 4 is 40.3 Å². The van der Waals surface area contributed by atoms with Crippen molar-refractivity contribution in [1.29, 1.82) is 0 Å². The molecule has 1 aromatic heterocycles. The number of nitrogen functional groups attached to an aromatic ring is 1. The summed E-state index contributed by atoms with van der Waals surface area (Å²) in [6.07, 6.45) is 0. The number of carbonyl (C=O) groups is 1. The van der Waals surface area contributed by atoms with Gasteiger partial charge in [0.25, 0.3) is 0 Å². The number of aromatic carboxylic acids is 1. The average Bonchev–Trinajstić information content (AvgIpc) is 2.88. The summed E-state index contributed by atoms with van der Waals surface area (Å²) in [5.74, 6) is -1.03. The number of nitrogens with two attached hydrogens (primary N) is 1. The minimum absolute atomic E-state index is 0.103. The molecule has 0 spiro atoms. The van der Waals surface area contributed by atoms with Gasteiger partial charge in [-0.1, -0.05) is 17.7 Å². The first-order valence-electron chi connectivity index (χ1n) is 6.51. The lowest BCUT2D eigenvalue weighted by atomic mass is 10.1. The van der Waals surface area contributed by atoms with E-state index in [0.29, 0.717) is 22.9 Å². The number of hydrogen-bond donors (Lipinski definition) is 2. The van der Waals surface area contributed by atoms with E-state index in [9.17, 15) is 9.90 Å². The lowest BCUT2D eigenvalue weighted by molar-refractivity contribution is 0.0697. The van der Waals surface area contributed by atoms with Crippen molar-refractivity contribution in [2.75, 3.05) is 10.6 Å². The van der Waals surface area contributed by atoms with Crippen LogP contribution < -0.4 is 10.6 Å². The molecule has 0 bridgehead atoms. The number of carboxylic acid groups (broad SMARTS) is 1. The first-order valence-corrected chi connectivity index (χ1v) is 7.77. The van der Waals surface area contributed by atoms with E-state index in [1.807, 2.05) is 36.3 Å². The Kier molecular flexibility index (Phi) is 4.75. The average molecular weight is 325 g/mol. The summed E-state index contributed by atoms with van der Waals surface area (Å²) in [6.45, 7) is 4.62. The van der Waals surface area contributed by atoms with Crippen LogP contribution in [0.2, 0.25) is 5.02 Å². The van der Waals surface area contributed by atoms with Crippen molar-refractivity contribution in [3.8, 4) is 0 Å². The Labute approximate surface area is 132 Å². The van der Waals surface area contributed by atoms with Gasteiger partial charge in [-0.05, 0) is 37.4 Å². The van der Waals surface area contributed by atoms with Crippen molar-refractivity contribution in [3.63, 3.8) is 0 Å². The van der Waals surface area contributed by atoms with Crippen molar-refractivity contribution in [3.05, 3.63) is 45.1 Å². The SMILES string of the molecule is CC(C)N(Cc1cccs1)c1c(Cl)cc(N)cc1C(=O)O. The van der Waals surface area contributed by atoms with Crippen LogP contribution in [-0.4, -0.2) is 17.1 Å². The zero-order valence-corrected chi connectivity index (χ0v) is 13.4. The van der Waals surface area contributed by atoms with E-state index in [-0.39, 0.29) is 11.6 Å². The highest BCUT2D eigenvalue weighted by Crippen LogP contribution is 2.35. The Balaban J connectivity index is 2.52. The van der Waals surface area contributed by atoms with Gasteiger partial charge in [0.1, 0.15) is 0 Å². The van der Waals surface area contributed by atoms with E-state index in [2.05, 4.69) is 0 Å². The standard InChI is InChI=1S/C15H17ClN2O2S/c1-9(2)18(8-11-4-3-5-21-11)14-12(15(19)20)6-10(17)7-13(14)16/h3-7,9H,8,17H2,1-2H3,(H,19,20). The van der Waals surface area contributed by atoms with Gasteiger partial charge in [-0.15, -0.1) is 11.3 Å². The third-order valence-electron chi connectivity index (χ3n) is 3.13. The molecule has 1 aromatic carbocycles. The second-order valence-corrected chi connectivity index (χ2v) is 6.44. The Morgan fingerprint density at radius 3 is 2.71 bits per heavy atom. The number of benzene rings is 1. The molecule has 1 heterocycles. The molecule has 2 aromatic rings. The van der Waals surface area contributed by atoms with Crippen LogP contribution in [0, 0.1) is 0 Å². The van der Waals surface area contributed by atoms with Crippen LogP contribution in [-0.2, 0) is 6.54 Å². The van der Waals surface area contributed by atoms with Crippen molar-refractivity contribution in [2.45, 2.75) is 26.4 Å². The number of thiophene rings is 1. The Hall–Kier alpha value is -1.72. The fourth-order valence-electron chi connectivity index (χ4n) is 2.17. The third-order valence-corrected chi connectivity index (χ3v) is 4.28. The molecule has 6 heteroatoms. The fraction of sp³-hybridized carbons (Fsp3) is 0.267. The summed E-state index contributed by atoms with van der Waals surface area (Å²) in [6, 6.07) is 7.14. The molecule has 112 valence electrons. The van der Waals surface area contributed by atoms with Gasteiger partial charge < -0.3 is 15.7 Å². The van der Waals surface area contributed by atoms with Crippen molar-refractivity contribution in [1.82, 2.24) is 0 Å². The van der Waals surface area contributed by atoms with Crippen LogP contribution in [0.25, 0.3) is 0 Å². The van der Waals surface area contributed by atoms with Gasteiger partial charge in [0.2, 0.25) is 0 Å². The van der Waals surface area contributed by atoms with Gasteiger partial charge in [-0.2, -0.15) is 0 Å². The van der Waals surface area contributed by atoms with E-state index in [0.717, 1.165) is 4.88 Å². The molecule has 0 unspecified atom stereocenters. The predicted molar refractivity (Wildman–Crippen MR) is 88.5 cm³/mol. The zero-order chi connectivity index (χ0) is 15.6. The molecule has 0 aliphatic carbocycles. The highest BCUT2D eigenvalue weighted by Gasteiger charge is 2.22. The highest BCUT2D eigenvalue weighted by molar-refractivity contribution is 7.09.